The molecule has 6 heteroatoms. The van der Waals surface area contributed by atoms with E-state index in [0.29, 0.717) is 18.9 Å². The minimum atomic E-state index is -0.217. The molecule has 0 saturated heterocycles. The second kappa shape index (κ2) is 7.24. The van der Waals surface area contributed by atoms with Gasteiger partial charge in [0.15, 0.2) is 0 Å². The molecular weight excluding hydrogens is 238 g/mol. The van der Waals surface area contributed by atoms with Crippen LogP contribution in [0.4, 0.5) is 4.79 Å². The van der Waals surface area contributed by atoms with Gasteiger partial charge in [0, 0.05) is 18.0 Å². The second-order valence-corrected chi connectivity index (χ2v) is 4.89. The maximum Gasteiger partial charge on any atom is 0.315 e. The van der Waals surface area contributed by atoms with Gasteiger partial charge in [-0.3, -0.25) is 0 Å². The van der Waals surface area contributed by atoms with E-state index in [1.165, 1.54) is 11.3 Å². The molecule has 17 heavy (non-hydrogen) atoms. The van der Waals surface area contributed by atoms with Crippen LogP contribution < -0.4 is 10.6 Å². The summed E-state index contributed by atoms with van der Waals surface area (Å²) in [5.41, 5.74) is 2.59. The van der Waals surface area contributed by atoms with Crippen LogP contribution in [0.15, 0.2) is 10.9 Å². The van der Waals surface area contributed by atoms with E-state index >= 15 is 0 Å². The van der Waals surface area contributed by atoms with Crippen LogP contribution >= 0.6 is 11.3 Å². The molecule has 96 valence electrons. The zero-order valence-electron chi connectivity index (χ0n) is 10.1. The fraction of sp³-hybridized carbons (Fsp3) is 0.636. The molecule has 0 aliphatic carbocycles. The number of hydrogen-bond acceptors (Lipinski definition) is 4. The molecule has 3 N–H and O–H groups in total. The maximum atomic E-state index is 11.6. The fourth-order valence-corrected chi connectivity index (χ4v) is 1.98. The zero-order chi connectivity index (χ0) is 12.7. The number of aliphatic hydroxyl groups excluding tert-OH is 1. The Balaban J connectivity index is 2.32. The number of urea groups is 1. The van der Waals surface area contributed by atoms with Crippen LogP contribution in [0.5, 0.6) is 0 Å². The van der Waals surface area contributed by atoms with Crippen LogP contribution in [-0.4, -0.2) is 28.8 Å². The standard InChI is InChI=1S/C11H19N3O2S/c1-8(2)10(3-4-15)14-11(16)12-5-9-6-17-7-13-9/h6-8,10,15H,3-5H2,1-2H3,(H2,12,14,16). The number of nitrogens with zero attached hydrogens (tertiary/aromatic N) is 1. The van der Waals surface area contributed by atoms with E-state index in [0.717, 1.165) is 5.69 Å². The van der Waals surface area contributed by atoms with E-state index in [4.69, 9.17) is 5.11 Å². The van der Waals surface area contributed by atoms with E-state index in [1.54, 1.807) is 5.51 Å². The Labute approximate surface area is 105 Å². The minimum absolute atomic E-state index is 0.00423. The number of carbonyl (C=O) groups is 1. The van der Waals surface area contributed by atoms with Gasteiger partial charge in [0.2, 0.25) is 0 Å². The number of amides is 2. The van der Waals surface area contributed by atoms with Crippen molar-refractivity contribution in [3.8, 4) is 0 Å². The molecule has 0 bridgehead atoms. The predicted molar refractivity (Wildman–Crippen MR) is 67.8 cm³/mol. The lowest BCUT2D eigenvalue weighted by Gasteiger charge is -2.21. The van der Waals surface area contributed by atoms with Gasteiger partial charge in [0.25, 0.3) is 0 Å². The third-order valence-electron chi connectivity index (χ3n) is 2.47. The molecule has 0 aliphatic rings. The molecule has 5 nitrogen and oxygen atoms in total. The highest BCUT2D eigenvalue weighted by Gasteiger charge is 2.15. The number of aliphatic hydroxyl groups is 1. The SMILES string of the molecule is CC(C)C(CCO)NC(=O)NCc1cscn1. The second-order valence-electron chi connectivity index (χ2n) is 4.17. The van der Waals surface area contributed by atoms with Gasteiger partial charge in [-0.05, 0) is 12.3 Å². The molecule has 1 rings (SSSR count). The van der Waals surface area contributed by atoms with Gasteiger partial charge in [-0.2, -0.15) is 0 Å². The van der Waals surface area contributed by atoms with Crippen LogP contribution in [0, 0.1) is 5.92 Å². The van der Waals surface area contributed by atoms with Crippen molar-refractivity contribution in [2.45, 2.75) is 32.9 Å². The zero-order valence-corrected chi connectivity index (χ0v) is 11.0. The number of carbonyl (C=O) groups excluding carboxylic acids is 1. The molecule has 0 aliphatic heterocycles. The minimum Gasteiger partial charge on any atom is -0.396 e. The Hall–Kier alpha value is -1.14. The summed E-state index contributed by atoms with van der Waals surface area (Å²) in [6.45, 7) is 4.54. The highest BCUT2D eigenvalue weighted by Crippen LogP contribution is 2.05. The molecule has 1 unspecified atom stereocenters. The van der Waals surface area contributed by atoms with Crippen molar-refractivity contribution in [1.82, 2.24) is 15.6 Å². The Morgan fingerprint density at radius 1 is 1.59 bits per heavy atom. The molecule has 1 aromatic rings. The lowest BCUT2D eigenvalue weighted by molar-refractivity contribution is 0.218. The Morgan fingerprint density at radius 3 is 2.88 bits per heavy atom. The van der Waals surface area contributed by atoms with Crippen molar-refractivity contribution >= 4 is 17.4 Å². The van der Waals surface area contributed by atoms with Crippen LogP contribution in [0.2, 0.25) is 0 Å². The quantitative estimate of drug-likeness (QED) is 0.720. The van der Waals surface area contributed by atoms with Crippen LogP contribution in [0.1, 0.15) is 26.0 Å². The highest BCUT2D eigenvalue weighted by molar-refractivity contribution is 7.07. The summed E-state index contributed by atoms with van der Waals surface area (Å²) in [6.07, 6.45) is 0.571. The summed E-state index contributed by atoms with van der Waals surface area (Å²) >= 11 is 1.50. The van der Waals surface area contributed by atoms with Crippen molar-refractivity contribution in [3.05, 3.63) is 16.6 Å². The smallest absolute Gasteiger partial charge is 0.315 e. The largest absolute Gasteiger partial charge is 0.396 e. The normalized spacial score (nSPS) is 12.5. The lowest BCUT2D eigenvalue weighted by atomic mass is 10.0. The molecule has 1 aromatic heterocycles. The predicted octanol–water partition coefficient (Wildman–Crippen LogP) is 1.35. The van der Waals surface area contributed by atoms with E-state index in [9.17, 15) is 4.79 Å². The first-order valence-corrected chi connectivity index (χ1v) is 6.60. The van der Waals surface area contributed by atoms with Crippen LogP contribution in [0.25, 0.3) is 0 Å². The van der Waals surface area contributed by atoms with Gasteiger partial charge >= 0.3 is 6.03 Å². The molecule has 0 radical (unpaired) electrons. The fourth-order valence-electron chi connectivity index (χ4n) is 1.43. The molecule has 0 aromatic carbocycles. The molecule has 1 heterocycles. The first-order chi connectivity index (χ1) is 8.13. The Bertz CT molecular complexity index is 327. The van der Waals surface area contributed by atoms with Crippen molar-refractivity contribution < 1.29 is 9.90 Å². The first-order valence-electron chi connectivity index (χ1n) is 5.65. The summed E-state index contributed by atoms with van der Waals surface area (Å²) in [4.78, 5) is 15.7. The van der Waals surface area contributed by atoms with Crippen LogP contribution in [-0.2, 0) is 6.54 Å². The third kappa shape index (κ3) is 5.14. The number of hydrogen-bond donors (Lipinski definition) is 3. The Kier molecular flexibility index (Phi) is 5.93. The van der Waals surface area contributed by atoms with E-state index in [2.05, 4.69) is 15.6 Å². The number of rotatable bonds is 6. The summed E-state index contributed by atoms with van der Waals surface area (Å²) < 4.78 is 0. The average molecular weight is 257 g/mol. The molecule has 0 saturated carbocycles. The lowest BCUT2D eigenvalue weighted by Crippen LogP contribution is -2.44. The van der Waals surface area contributed by atoms with E-state index in [-0.39, 0.29) is 18.7 Å². The highest BCUT2D eigenvalue weighted by atomic mass is 32.1. The first kappa shape index (κ1) is 13.9. The van der Waals surface area contributed by atoms with Gasteiger partial charge in [-0.25, -0.2) is 9.78 Å². The average Bonchev–Trinajstić information content (AvgIpc) is 2.78. The summed E-state index contributed by atoms with van der Waals surface area (Å²) in [7, 11) is 0. The van der Waals surface area contributed by atoms with Gasteiger partial charge in [0.1, 0.15) is 0 Å². The van der Waals surface area contributed by atoms with Gasteiger partial charge < -0.3 is 15.7 Å². The number of nitrogens with one attached hydrogen (secondary N) is 2. The molecule has 2 amide bonds. The maximum absolute atomic E-state index is 11.6. The van der Waals surface area contributed by atoms with Crippen molar-refractivity contribution in [3.63, 3.8) is 0 Å². The van der Waals surface area contributed by atoms with Crippen molar-refractivity contribution in [2.24, 2.45) is 5.92 Å². The number of thiazole rings is 1. The van der Waals surface area contributed by atoms with Crippen molar-refractivity contribution in [2.75, 3.05) is 6.61 Å². The van der Waals surface area contributed by atoms with Crippen molar-refractivity contribution in [1.29, 1.82) is 0 Å². The van der Waals surface area contributed by atoms with Gasteiger partial charge in [0.05, 0.1) is 17.7 Å². The summed E-state index contributed by atoms with van der Waals surface area (Å²) in [5, 5.41) is 16.4. The van der Waals surface area contributed by atoms with E-state index in [1.807, 2.05) is 19.2 Å². The molecule has 0 fully saturated rings. The molecule has 0 spiro atoms. The summed E-state index contributed by atoms with van der Waals surface area (Å²) in [5.74, 6) is 0.298. The molecule has 1 atom stereocenters. The van der Waals surface area contributed by atoms with Gasteiger partial charge in [-0.15, -0.1) is 11.3 Å². The Morgan fingerprint density at radius 2 is 2.35 bits per heavy atom. The van der Waals surface area contributed by atoms with Crippen LogP contribution in [0.3, 0.4) is 0 Å². The number of aromatic nitrogens is 1. The van der Waals surface area contributed by atoms with E-state index < -0.39 is 0 Å². The van der Waals surface area contributed by atoms with Gasteiger partial charge in [-0.1, -0.05) is 13.8 Å². The third-order valence-corrected chi connectivity index (χ3v) is 3.11. The monoisotopic (exact) mass is 257 g/mol. The molecular formula is C11H19N3O2S. The topological polar surface area (TPSA) is 74.2 Å². The summed E-state index contributed by atoms with van der Waals surface area (Å²) in [6, 6.07) is -0.222.